The van der Waals surface area contributed by atoms with Gasteiger partial charge >= 0.3 is 0 Å². The average Bonchev–Trinajstić information content (AvgIpc) is 2.72. The second kappa shape index (κ2) is 2.98. The smallest absolute Gasteiger partial charge is 0.152 e. The molecule has 0 fully saturated rings. The Balaban J connectivity index is 2.26. The van der Waals surface area contributed by atoms with Crippen molar-refractivity contribution in [1.29, 1.82) is 0 Å². The summed E-state index contributed by atoms with van der Waals surface area (Å²) in [6.07, 6.45) is 2.58. The SMILES string of the molecule is O=Cc1c[nH]c2c1COc1ccccc1-2. The molecule has 3 heteroatoms. The Morgan fingerprint density at radius 1 is 1.33 bits per heavy atom. The van der Waals surface area contributed by atoms with E-state index in [1.807, 2.05) is 24.3 Å². The van der Waals surface area contributed by atoms with E-state index in [0.29, 0.717) is 12.2 Å². The Kier molecular flexibility index (Phi) is 1.65. The number of H-pyrrole nitrogens is 1. The first-order valence-corrected chi connectivity index (χ1v) is 4.78. The van der Waals surface area contributed by atoms with Crippen molar-refractivity contribution in [3.63, 3.8) is 0 Å². The van der Waals surface area contributed by atoms with Crippen LogP contribution in [0.3, 0.4) is 0 Å². The first kappa shape index (κ1) is 8.29. The van der Waals surface area contributed by atoms with Gasteiger partial charge in [-0.1, -0.05) is 12.1 Å². The van der Waals surface area contributed by atoms with Gasteiger partial charge in [0.2, 0.25) is 0 Å². The predicted octanol–water partition coefficient (Wildman–Crippen LogP) is 2.39. The summed E-state index contributed by atoms with van der Waals surface area (Å²) in [5.74, 6) is 0.865. The van der Waals surface area contributed by atoms with Crippen LogP contribution in [-0.2, 0) is 6.61 Å². The number of aldehydes is 1. The molecule has 0 unspecified atom stereocenters. The highest BCUT2D eigenvalue weighted by Gasteiger charge is 2.20. The maximum absolute atomic E-state index is 10.8. The third-order valence-electron chi connectivity index (χ3n) is 2.68. The number of carbonyl (C=O) groups excluding carboxylic acids is 1. The maximum atomic E-state index is 10.8. The maximum Gasteiger partial charge on any atom is 0.152 e. The Hall–Kier alpha value is -2.03. The number of aromatic amines is 1. The lowest BCUT2D eigenvalue weighted by Gasteiger charge is -2.17. The lowest BCUT2D eigenvalue weighted by atomic mass is 10.0. The zero-order valence-electron chi connectivity index (χ0n) is 7.99. The number of benzene rings is 1. The monoisotopic (exact) mass is 199 g/mol. The quantitative estimate of drug-likeness (QED) is 0.716. The van der Waals surface area contributed by atoms with Crippen LogP contribution in [0.2, 0.25) is 0 Å². The van der Waals surface area contributed by atoms with E-state index in [4.69, 9.17) is 4.74 Å². The van der Waals surface area contributed by atoms with Gasteiger partial charge in [-0.25, -0.2) is 0 Å². The van der Waals surface area contributed by atoms with Gasteiger partial charge in [0.25, 0.3) is 0 Å². The highest BCUT2D eigenvalue weighted by atomic mass is 16.5. The number of hydrogen-bond acceptors (Lipinski definition) is 2. The van der Waals surface area contributed by atoms with Crippen molar-refractivity contribution in [2.75, 3.05) is 0 Å². The molecule has 0 aliphatic carbocycles. The van der Waals surface area contributed by atoms with Crippen molar-refractivity contribution in [2.24, 2.45) is 0 Å². The molecule has 15 heavy (non-hydrogen) atoms. The molecule has 1 N–H and O–H groups in total. The fourth-order valence-corrected chi connectivity index (χ4v) is 1.92. The van der Waals surface area contributed by atoms with Crippen LogP contribution in [-0.4, -0.2) is 11.3 Å². The molecular formula is C12H9NO2. The molecule has 1 aromatic carbocycles. The number of ether oxygens (including phenoxy) is 1. The fourth-order valence-electron chi connectivity index (χ4n) is 1.92. The lowest BCUT2D eigenvalue weighted by molar-refractivity contribution is 0.112. The van der Waals surface area contributed by atoms with Crippen molar-refractivity contribution < 1.29 is 9.53 Å². The zero-order chi connectivity index (χ0) is 10.3. The van der Waals surface area contributed by atoms with E-state index in [9.17, 15) is 4.79 Å². The van der Waals surface area contributed by atoms with Crippen molar-refractivity contribution in [3.8, 4) is 17.0 Å². The number of fused-ring (bicyclic) bond motifs is 3. The van der Waals surface area contributed by atoms with Gasteiger partial charge in [0.1, 0.15) is 12.4 Å². The van der Waals surface area contributed by atoms with E-state index in [2.05, 4.69) is 4.98 Å². The van der Waals surface area contributed by atoms with E-state index in [-0.39, 0.29) is 0 Å². The molecule has 1 aromatic heterocycles. The largest absolute Gasteiger partial charge is 0.488 e. The molecule has 2 aromatic rings. The van der Waals surface area contributed by atoms with Crippen molar-refractivity contribution >= 4 is 6.29 Å². The minimum Gasteiger partial charge on any atom is -0.488 e. The van der Waals surface area contributed by atoms with Crippen LogP contribution in [0.25, 0.3) is 11.3 Å². The zero-order valence-corrected chi connectivity index (χ0v) is 7.99. The van der Waals surface area contributed by atoms with Crippen molar-refractivity contribution in [1.82, 2.24) is 4.98 Å². The Morgan fingerprint density at radius 2 is 2.20 bits per heavy atom. The molecule has 74 valence electrons. The highest BCUT2D eigenvalue weighted by molar-refractivity contribution is 5.84. The molecular weight excluding hydrogens is 190 g/mol. The molecule has 1 aliphatic rings. The summed E-state index contributed by atoms with van der Waals surface area (Å²) in [5.41, 5.74) is 3.65. The van der Waals surface area contributed by atoms with Crippen LogP contribution < -0.4 is 4.74 Å². The summed E-state index contributed by atoms with van der Waals surface area (Å²) >= 11 is 0. The Labute approximate surface area is 86.7 Å². The predicted molar refractivity (Wildman–Crippen MR) is 55.9 cm³/mol. The average molecular weight is 199 g/mol. The molecule has 0 radical (unpaired) electrons. The third-order valence-corrected chi connectivity index (χ3v) is 2.68. The molecule has 0 spiro atoms. The van der Waals surface area contributed by atoms with Crippen LogP contribution in [0.4, 0.5) is 0 Å². The van der Waals surface area contributed by atoms with Gasteiger partial charge in [0, 0.05) is 22.9 Å². The number of aromatic nitrogens is 1. The van der Waals surface area contributed by atoms with Crippen LogP contribution >= 0.6 is 0 Å². The molecule has 0 saturated carbocycles. The highest BCUT2D eigenvalue weighted by Crippen LogP contribution is 2.37. The normalized spacial score (nSPS) is 12.5. The summed E-state index contributed by atoms with van der Waals surface area (Å²) in [7, 11) is 0. The van der Waals surface area contributed by atoms with Crippen LogP contribution in [0.15, 0.2) is 30.5 Å². The summed E-state index contributed by atoms with van der Waals surface area (Å²) in [4.78, 5) is 13.9. The minimum atomic E-state index is 0.462. The summed E-state index contributed by atoms with van der Waals surface area (Å²) in [6.45, 7) is 0.462. The standard InChI is InChI=1S/C12H9NO2/c14-6-8-5-13-12-9-3-1-2-4-11(9)15-7-10(8)12/h1-6,13H,7H2. The van der Waals surface area contributed by atoms with E-state index in [1.165, 1.54) is 0 Å². The van der Waals surface area contributed by atoms with Gasteiger partial charge in [-0.05, 0) is 12.1 Å². The van der Waals surface area contributed by atoms with E-state index >= 15 is 0 Å². The van der Waals surface area contributed by atoms with E-state index in [0.717, 1.165) is 28.9 Å². The van der Waals surface area contributed by atoms with Gasteiger partial charge < -0.3 is 9.72 Å². The van der Waals surface area contributed by atoms with Crippen molar-refractivity contribution in [3.05, 3.63) is 41.6 Å². The number of carbonyl (C=O) groups is 1. The molecule has 1 aliphatic heterocycles. The van der Waals surface area contributed by atoms with Crippen LogP contribution in [0.1, 0.15) is 15.9 Å². The lowest BCUT2D eigenvalue weighted by Crippen LogP contribution is -2.05. The van der Waals surface area contributed by atoms with Gasteiger partial charge in [0.15, 0.2) is 6.29 Å². The van der Waals surface area contributed by atoms with E-state index < -0.39 is 0 Å². The van der Waals surface area contributed by atoms with Crippen molar-refractivity contribution in [2.45, 2.75) is 6.61 Å². The topological polar surface area (TPSA) is 42.1 Å². The number of rotatable bonds is 1. The van der Waals surface area contributed by atoms with Gasteiger partial charge in [-0.2, -0.15) is 0 Å². The molecule has 0 amide bonds. The Bertz CT molecular complexity index is 528. The van der Waals surface area contributed by atoms with Gasteiger partial charge in [-0.3, -0.25) is 4.79 Å². The number of hydrogen-bond donors (Lipinski definition) is 1. The second-order valence-electron chi connectivity index (χ2n) is 3.50. The number of nitrogens with one attached hydrogen (secondary N) is 1. The third kappa shape index (κ3) is 1.09. The molecule has 0 bridgehead atoms. The van der Waals surface area contributed by atoms with Crippen LogP contribution in [0.5, 0.6) is 5.75 Å². The van der Waals surface area contributed by atoms with Gasteiger partial charge in [0.05, 0.1) is 5.69 Å². The summed E-state index contributed by atoms with van der Waals surface area (Å²) in [6, 6.07) is 7.81. The molecule has 3 rings (SSSR count). The van der Waals surface area contributed by atoms with Gasteiger partial charge in [-0.15, -0.1) is 0 Å². The van der Waals surface area contributed by atoms with Crippen LogP contribution in [0, 0.1) is 0 Å². The molecule has 0 atom stereocenters. The first-order chi connectivity index (χ1) is 7.40. The molecule has 3 nitrogen and oxygen atoms in total. The molecule has 2 heterocycles. The summed E-state index contributed by atoms with van der Waals surface area (Å²) in [5, 5.41) is 0. The van der Waals surface area contributed by atoms with E-state index in [1.54, 1.807) is 6.20 Å². The Morgan fingerprint density at radius 3 is 3.07 bits per heavy atom. The summed E-state index contributed by atoms with van der Waals surface area (Å²) < 4.78 is 5.57. The first-order valence-electron chi connectivity index (χ1n) is 4.78. The number of para-hydroxylation sites is 1. The second-order valence-corrected chi connectivity index (χ2v) is 3.50. The minimum absolute atomic E-state index is 0.462. The fraction of sp³-hybridized carbons (Fsp3) is 0.0833. The molecule has 0 saturated heterocycles.